The molecule has 0 N–H and O–H groups in total. The average molecular weight is 294 g/mol. The van der Waals surface area contributed by atoms with Crippen LogP contribution < -0.4 is 0 Å². The van der Waals surface area contributed by atoms with E-state index in [-0.39, 0.29) is 12.8 Å². The Bertz CT molecular complexity index is 568. The summed E-state index contributed by atoms with van der Waals surface area (Å²) < 4.78 is 0. The van der Waals surface area contributed by atoms with E-state index >= 15 is 0 Å². The Morgan fingerprint density at radius 1 is 0.818 bits per heavy atom. The lowest BCUT2D eigenvalue weighted by Gasteiger charge is -2.24. The third-order valence-electron chi connectivity index (χ3n) is 3.79. The fourth-order valence-corrected chi connectivity index (χ4v) is 2.94. The maximum Gasteiger partial charge on any atom is 0.0296 e. The van der Waals surface area contributed by atoms with E-state index in [9.17, 15) is 0 Å². The van der Waals surface area contributed by atoms with Crippen LogP contribution in [0.15, 0.2) is 48.5 Å². The first kappa shape index (κ1) is 20.0. The van der Waals surface area contributed by atoms with Crippen molar-refractivity contribution in [2.24, 2.45) is 0 Å². The number of rotatable bonds is 1. The zero-order valence-corrected chi connectivity index (χ0v) is 13.9. The Hall–Kier alpha value is -2.00. The van der Waals surface area contributed by atoms with Crippen molar-refractivity contribution in [2.75, 3.05) is 0 Å². The standard InChI is InChI=1S/C17H14.2C2H6.CH4/c1-3-12-17(2)15-10-6-4-8-13(15)14-9-5-7-11-16(14)17;2*1-2;/h1,4-11H,12H2,2H3;2*1-2H3;1H4. The summed E-state index contributed by atoms with van der Waals surface area (Å²) in [5.74, 6) is 2.83. The fraction of sp³-hybridized carbons (Fsp3) is 0.364. The second kappa shape index (κ2) is 9.11. The molecular weight excluding hydrogens is 264 g/mol. The summed E-state index contributed by atoms with van der Waals surface area (Å²) in [7, 11) is 0. The van der Waals surface area contributed by atoms with Crippen LogP contribution in [0, 0.1) is 12.3 Å². The van der Waals surface area contributed by atoms with Crippen LogP contribution in [0.25, 0.3) is 11.1 Å². The van der Waals surface area contributed by atoms with Gasteiger partial charge in [-0.15, -0.1) is 12.3 Å². The monoisotopic (exact) mass is 294 g/mol. The number of hydrogen-bond donors (Lipinski definition) is 0. The molecule has 0 radical (unpaired) electrons. The van der Waals surface area contributed by atoms with Crippen LogP contribution in [0.5, 0.6) is 0 Å². The van der Waals surface area contributed by atoms with Crippen LogP contribution in [0.3, 0.4) is 0 Å². The van der Waals surface area contributed by atoms with Crippen LogP contribution >= 0.6 is 0 Å². The van der Waals surface area contributed by atoms with Crippen molar-refractivity contribution in [3.63, 3.8) is 0 Å². The minimum Gasteiger partial charge on any atom is -0.120 e. The molecule has 0 bridgehead atoms. The molecule has 0 fully saturated rings. The third-order valence-corrected chi connectivity index (χ3v) is 3.79. The van der Waals surface area contributed by atoms with E-state index in [1.54, 1.807) is 0 Å². The van der Waals surface area contributed by atoms with Gasteiger partial charge in [0, 0.05) is 11.8 Å². The van der Waals surface area contributed by atoms with Gasteiger partial charge in [0.2, 0.25) is 0 Å². The first-order valence-electron chi connectivity index (χ1n) is 7.90. The molecule has 0 amide bonds. The van der Waals surface area contributed by atoms with Gasteiger partial charge in [-0.3, -0.25) is 0 Å². The van der Waals surface area contributed by atoms with Gasteiger partial charge < -0.3 is 0 Å². The fourth-order valence-electron chi connectivity index (χ4n) is 2.94. The Morgan fingerprint density at radius 2 is 1.18 bits per heavy atom. The second-order valence-corrected chi connectivity index (χ2v) is 4.80. The first-order chi connectivity index (χ1) is 10.3. The lowest BCUT2D eigenvalue weighted by molar-refractivity contribution is 0.607. The lowest BCUT2D eigenvalue weighted by atomic mass is 9.78. The second-order valence-electron chi connectivity index (χ2n) is 4.80. The summed E-state index contributed by atoms with van der Waals surface area (Å²) in [4.78, 5) is 0. The van der Waals surface area contributed by atoms with Gasteiger partial charge in [0.15, 0.2) is 0 Å². The van der Waals surface area contributed by atoms with Crippen molar-refractivity contribution < 1.29 is 0 Å². The first-order valence-corrected chi connectivity index (χ1v) is 7.90. The van der Waals surface area contributed by atoms with E-state index in [1.807, 2.05) is 27.7 Å². The molecule has 0 heterocycles. The molecule has 0 unspecified atom stereocenters. The Kier molecular flexibility index (Phi) is 8.28. The molecule has 1 aliphatic rings. The van der Waals surface area contributed by atoms with Gasteiger partial charge in [-0.25, -0.2) is 0 Å². The number of fused-ring (bicyclic) bond motifs is 3. The average Bonchev–Trinajstić information content (AvgIpc) is 2.82. The summed E-state index contributed by atoms with van der Waals surface area (Å²) in [6.45, 7) is 10.2. The maximum absolute atomic E-state index is 5.56. The van der Waals surface area contributed by atoms with Gasteiger partial charge in [0.25, 0.3) is 0 Å². The van der Waals surface area contributed by atoms with Gasteiger partial charge in [0.05, 0.1) is 0 Å². The molecule has 0 aromatic heterocycles. The molecule has 0 aliphatic heterocycles. The van der Waals surface area contributed by atoms with Gasteiger partial charge in [-0.05, 0) is 22.3 Å². The highest BCUT2D eigenvalue weighted by molar-refractivity contribution is 5.80. The minimum absolute atomic E-state index is 0. The molecule has 0 saturated carbocycles. The molecule has 2 aromatic carbocycles. The largest absolute Gasteiger partial charge is 0.120 e. The molecule has 0 spiro atoms. The van der Waals surface area contributed by atoms with Crippen LogP contribution in [-0.2, 0) is 5.41 Å². The zero-order chi connectivity index (χ0) is 15.9. The molecule has 0 atom stereocenters. The van der Waals surface area contributed by atoms with Crippen molar-refractivity contribution in [3.8, 4) is 23.5 Å². The molecule has 22 heavy (non-hydrogen) atoms. The van der Waals surface area contributed by atoms with Gasteiger partial charge in [-0.1, -0.05) is 90.6 Å². The van der Waals surface area contributed by atoms with E-state index in [0.29, 0.717) is 0 Å². The quantitative estimate of drug-likeness (QED) is 0.514. The highest BCUT2D eigenvalue weighted by Crippen LogP contribution is 2.50. The van der Waals surface area contributed by atoms with Crippen molar-refractivity contribution in [1.82, 2.24) is 0 Å². The van der Waals surface area contributed by atoms with E-state index in [4.69, 9.17) is 6.42 Å². The molecular formula is C22H30. The highest BCUT2D eigenvalue weighted by atomic mass is 14.4. The third kappa shape index (κ3) is 3.25. The maximum atomic E-state index is 5.56. The molecule has 0 saturated heterocycles. The van der Waals surface area contributed by atoms with E-state index in [0.717, 1.165) is 6.42 Å². The Morgan fingerprint density at radius 3 is 1.55 bits per heavy atom. The topological polar surface area (TPSA) is 0 Å². The van der Waals surface area contributed by atoms with Crippen molar-refractivity contribution >= 4 is 0 Å². The molecule has 0 heteroatoms. The minimum atomic E-state index is -0.0259. The molecule has 118 valence electrons. The molecule has 0 nitrogen and oxygen atoms in total. The Balaban J connectivity index is 0.000000819. The summed E-state index contributed by atoms with van der Waals surface area (Å²) >= 11 is 0. The summed E-state index contributed by atoms with van der Waals surface area (Å²) in [6, 6.07) is 17.2. The Labute approximate surface area is 137 Å². The molecule has 1 aliphatic carbocycles. The number of benzene rings is 2. The smallest absolute Gasteiger partial charge is 0.0296 e. The van der Waals surface area contributed by atoms with Gasteiger partial charge in [0.1, 0.15) is 0 Å². The summed E-state index contributed by atoms with van der Waals surface area (Å²) in [6.07, 6.45) is 6.31. The lowest BCUT2D eigenvalue weighted by Crippen LogP contribution is -2.19. The van der Waals surface area contributed by atoms with E-state index in [2.05, 4.69) is 61.4 Å². The van der Waals surface area contributed by atoms with Crippen molar-refractivity contribution in [1.29, 1.82) is 0 Å². The van der Waals surface area contributed by atoms with Gasteiger partial charge in [-0.2, -0.15) is 0 Å². The van der Waals surface area contributed by atoms with E-state index < -0.39 is 0 Å². The SMILES string of the molecule is C.C#CCC1(C)c2ccccc2-c2ccccc21.CC.CC. The van der Waals surface area contributed by atoms with Gasteiger partial charge >= 0.3 is 0 Å². The summed E-state index contributed by atoms with van der Waals surface area (Å²) in [5, 5.41) is 0. The summed E-state index contributed by atoms with van der Waals surface area (Å²) in [5.41, 5.74) is 5.36. The zero-order valence-electron chi connectivity index (χ0n) is 13.9. The number of hydrogen-bond acceptors (Lipinski definition) is 0. The van der Waals surface area contributed by atoms with Crippen LogP contribution in [0.4, 0.5) is 0 Å². The van der Waals surface area contributed by atoms with Crippen LogP contribution in [0.1, 0.15) is 59.6 Å². The number of terminal acetylenes is 1. The molecule has 3 rings (SSSR count). The predicted molar refractivity (Wildman–Crippen MR) is 101 cm³/mol. The van der Waals surface area contributed by atoms with Crippen molar-refractivity contribution in [3.05, 3.63) is 59.7 Å². The predicted octanol–water partition coefficient (Wildman–Crippen LogP) is 6.68. The van der Waals surface area contributed by atoms with E-state index in [1.165, 1.54) is 22.3 Å². The highest BCUT2D eigenvalue weighted by Gasteiger charge is 2.37. The van der Waals surface area contributed by atoms with Crippen LogP contribution in [-0.4, -0.2) is 0 Å². The van der Waals surface area contributed by atoms with Crippen molar-refractivity contribution in [2.45, 2.75) is 53.9 Å². The normalized spacial score (nSPS) is 12.0. The van der Waals surface area contributed by atoms with Crippen LogP contribution in [0.2, 0.25) is 0 Å². The molecule has 2 aromatic rings.